The van der Waals surface area contributed by atoms with Crippen LogP contribution in [0.2, 0.25) is 0 Å². The number of thioether (sulfide) groups is 1. The van der Waals surface area contributed by atoms with Gasteiger partial charge in [0, 0.05) is 36.6 Å². The molecular formula is C21H21N3O3S2. The molecule has 29 heavy (non-hydrogen) atoms. The molecule has 0 radical (unpaired) electrons. The summed E-state index contributed by atoms with van der Waals surface area (Å²) in [4.78, 5) is 34.4. The zero-order valence-corrected chi connectivity index (χ0v) is 17.9. The first-order chi connectivity index (χ1) is 14.1. The Morgan fingerprint density at radius 1 is 1.03 bits per heavy atom. The lowest BCUT2D eigenvalue weighted by Crippen LogP contribution is -2.48. The van der Waals surface area contributed by atoms with E-state index in [9.17, 15) is 9.59 Å². The van der Waals surface area contributed by atoms with E-state index >= 15 is 0 Å². The molecule has 0 spiro atoms. The molecule has 2 aromatic carbocycles. The number of anilines is 1. The van der Waals surface area contributed by atoms with Crippen molar-refractivity contribution in [3.8, 4) is 0 Å². The van der Waals surface area contributed by atoms with Gasteiger partial charge in [-0.05, 0) is 48.7 Å². The van der Waals surface area contributed by atoms with Crippen LogP contribution >= 0.6 is 23.1 Å². The minimum Gasteiger partial charge on any atom is -0.465 e. The number of rotatable bonds is 4. The van der Waals surface area contributed by atoms with Crippen molar-refractivity contribution in [2.75, 3.05) is 44.4 Å². The minimum absolute atomic E-state index is 0.0185. The molecule has 1 fully saturated rings. The number of amides is 1. The van der Waals surface area contributed by atoms with E-state index in [0.29, 0.717) is 24.2 Å². The second kappa shape index (κ2) is 8.42. The Kier molecular flexibility index (Phi) is 5.73. The molecule has 1 aliphatic heterocycles. The van der Waals surface area contributed by atoms with Crippen molar-refractivity contribution in [2.45, 2.75) is 4.90 Å². The van der Waals surface area contributed by atoms with E-state index in [1.54, 1.807) is 47.4 Å². The summed E-state index contributed by atoms with van der Waals surface area (Å²) in [5.74, 6) is -0.423. The van der Waals surface area contributed by atoms with Crippen molar-refractivity contribution in [2.24, 2.45) is 0 Å². The van der Waals surface area contributed by atoms with Gasteiger partial charge >= 0.3 is 5.97 Å². The molecule has 2 heterocycles. The number of piperazine rings is 1. The fourth-order valence-electron chi connectivity index (χ4n) is 3.31. The van der Waals surface area contributed by atoms with Crippen molar-refractivity contribution in [3.63, 3.8) is 0 Å². The molecule has 6 nitrogen and oxygen atoms in total. The average Bonchev–Trinajstić information content (AvgIpc) is 3.21. The predicted molar refractivity (Wildman–Crippen MR) is 117 cm³/mol. The second-order valence-corrected chi connectivity index (χ2v) is 8.57. The van der Waals surface area contributed by atoms with E-state index < -0.39 is 5.97 Å². The maximum atomic E-state index is 12.8. The molecule has 4 rings (SSSR count). The van der Waals surface area contributed by atoms with Crippen LogP contribution in [0.25, 0.3) is 10.2 Å². The molecule has 8 heteroatoms. The summed E-state index contributed by atoms with van der Waals surface area (Å²) in [6.07, 6.45) is 2.07. The number of benzene rings is 2. The Hall–Kier alpha value is -2.58. The van der Waals surface area contributed by atoms with Crippen molar-refractivity contribution in [1.82, 2.24) is 9.88 Å². The Morgan fingerprint density at radius 2 is 1.72 bits per heavy atom. The monoisotopic (exact) mass is 427 g/mol. The lowest BCUT2D eigenvalue weighted by atomic mass is 10.1. The molecule has 3 aromatic rings. The SMILES string of the molecule is COC(=O)c1ccc(C(=O)N2CCN(c3nc4ccc(SC)cc4s3)CC2)cc1. The topological polar surface area (TPSA) is 62.7 Å². The Morgan fingerprint density at radius 3 is 2.38 bits per heavy atom. The van der Waals surface area contributed by atoms with Crippen LogP contribution in [0.15, 0.2) is 47.4 Å². The van der Waals surface area contributed by atoms with Gasteiger partial charge in [0.25, 0.3) is 5.91 Å². The minimum atomic E-state index is -0.405. The molecule has 0 N–H and O–H groups in total. The van der Waals surface area contributed by atoms with E-state index in [1.807, 2.05) is 4.90 Å². The third-order valence-electron chi connectivity index (χ3n) is 4.97. The number of ether oxygens (including phenoxy) is 1. The van der Waals surface area contributed by atoms with Gasteiger partial charge in [0.15, 0.2) is 5.13 Å². The summed E-state index contributed by atoms with van der Waals surface area (Å²) in [6, 6.07) is 12.9. The molecule has 0 unspecified atom stereocenters. The number of methoxy groups -OCH3 is 1. The van der Waals surface area contributed by atoms with Gasteiger partial charge in [-0.2, -0.15) is 0 Å². The molecule has 0 bridgehead atoms. The molecule has 1 aliphatic rings. The van der Waals surface area contributed by atoms with Crippen LogP contribution in [-0.4, -0.2) is 61.3 Å². The predicted octanol–water partition coefficient (Wildman–Crippen LogP) is 3.77. The quantitative estimate of drug-likeness (QED) is 0.467. The molecule has 1 aromatic heterocycles. The molecular weight excluding hydrogens is 406 g/mol. The van der Waals surface area contributed by atoms with Crippen LogP contribution in [0, 0.1) is 0 Å². The lowest BCUT2D eigenvalue weighted by molar-refractivity contribution is 0.0599. The van der Waals surface area contributed by atoms with E-state index in [-0.39, 0.29) is 5.91 Å². The first kappa shape index (κ1) is 19.7. The van der Waals surface area contributed by atoms with Crippen LogP contribution in [0.5, 0.6) is 0 Å². The van der Waals surface area contributed by atoms with Crippen molar-refractivity contribution in [1.29, 1.82) is 0 Å². The van der Waals surface area contributed by atoms with Gasteiger partial charge < -0.3 is 14.5 Å². The van der Waals surface area contributed by atoms with E-state index in [0.717, 1.165) is 23.7 Å². The van der Waals surface area contributed by atoms with Crippen LogP contribution in [0.3, 0.4) is 0 Å². The van der Waals surface area contributed by atoms with Crippen LogP contribution in [-0.2, 0) is 4.74 Å². The van der Waals surface area contributed by atoms with E-state index in [2.05, 4.69) is 29.4 Å². The van der Waals surface area contributed by atoms with Gasteiger partial charge in [0.05, 0.1) is 22.9 Å². The first-order valence-corrected chi connectivity index (χ1v) is 11.3. The molecule has 150 valence electrons. The third kappa shape index (κ3) is 4.09. The first-order valence-electron chi connectivity index (χ1n) is 9.26. The maximum absolute atomic E-state index is 12.8. The Balaban J connectivity index is 1.41. The number of aromatic nitrogens is 1. The summed E-state index contributed by atoms with van der Waals surface area (Å²) in [7, 11) is 1.34. The van der Waals surface area contributed by atoms with Gasteiger partial charge in [-0.1, -0.05) is 11.3 Å². The summed E-state index contributed by atoms with van der Waals surface area (Å²) in [5, 5.41) is 1.01. The highest BCUT2D eigenvalue weighted by Gasteiger charge is 2.24. The number of carbonyl (C=O) groups excluding carboxylic acids is 2. The fourth-order valence-corrected chi connectivity index (χ4v) is 4.88. The molecule has 1 amide bonds. The highest BCUT2D eigenvalue weighted by molar-refractivity contribution is 7.98. The zero-order chi connectivity index (χ0) is 20.4. The summed E-state index contributed by atoms with van der Waals surface area (Å²) in [6.45, 7) is 2.79. The Bertz CT molecular complexity index is 1040. The molecule has 0 atom stereocenters. The normalized spacial score (nSPS) is 14.3. The largest absolute Gasteiger partial charge is 0.465 e. The van der Waals surface area contributed by atoms with E-state index in [4.69, 9.17) is 9.72 Å². The summed E-state index contributed by atoms with van der Waals surface area (Å²) in [5.41, 5.74) is 2.04. The highest BCUT2D eigenvalue weighted by atomic mass is 32.2. The summed E-state index contributed by atoms with van der Waals surface area (Å²) < 4.78 is 5.89. The maximum Gasteiger partial charge on any atom is 0.337 e. The van der Waals surface area contributed by atoms with Crippen LogP contribution in [0.1, 0.15) is 20.7 Å². The van der Waals surface area contributed by atoms with Gasteiger partial charge in [-0.3, -0.25) is 4.79 Å². The second-order valence-electron chi connectivity index (χ2n) is 6.68. The molecule has 1 saturated heterocycles. The smallest absolute Gasteiger partial charge is 0.337 e. The number of hydrogen-bond donors (Lipinski definition) is 0. The van der Waals surface area contributed by atoms with Crippen LogP contribution < -0.4 is 4.90 Å². The van der Waals surface area contributed by atoms with E-state index in [1.165, 1.54) is 16.7 Å². The number of nitrogens with zero attached hydrogens (tertiary/aromatic N) is 3. The number of esters is 1. The van der Waals surface area contributed by atoms with Gasteiger partial charge in [-0.25, -0.2) is 9.78 Å². The highest BCUT2D eigenvalue weighted by Crippen LogP contribution is 2.32. The number of hydrogen-bond acceptors (Lipinski definition) is 7. The lowest BCUT2D eigenvalue weighted by Gasteiger charge is -2.34. The molecule has 0 saturated carbocycles. The van der Waals surface area contributed by atoms with Crippen LogP contribution in [0.4, 0.5) is 5.13 Å². The average molecular weight is 428 g/mol. The zero-order valence-electron chi connectivity index (χ0n) is 16.3. The van der Waals surface area contributed by atoms with Crippen molar-refractivity contribution in [3.05, 3.63) is 53.6 Å². The molecule has 0 aliphatic carbocycles. The standard InChI is InChI=1S/C21H21N3O3S2/c1-27-20(26)15-5-3-14(4-6-15)19(25)23-9-11-24(12-10-23)21-22-17-8-7-16(28-2)13-18(17)29-21/h3-8,13H,9-12H2,1-2H3. The van der Waals surface area contributed by atoms with Gasteiger partial charge in [-0.15, -0.1) is 11.8 Å². The van der Waals surface area contributed by atoms with Crippen molar-refractivity contribution < 1.29 is 14.3 Å². The van der Waals surface area contributed by atoms with Crippen molar-refractivity contribution >= 4 is 50.3 Å². The number of thiazole rings is 1. The van der Waals surface area contributed by atoms with Gasteiger partial charge in [0.1, 0.15) is 0 Å². The fraction of sp³-hybridized carbons (Fsp3) is 0.286. The number of carbonyl (C=O) groups is 2. The third-order valence-corrected chi connectivity index (χ3v) is 6.78. The Labute approximate surface area is 177 Å². The summed E-state index contributed by atoms with van der Waals surface area (Å²) >= 11 is 3.43. The number of fused-ring (bicyclic) bond motifs is 1. The van der Waals surface area contributed by atoms with Gasteiger partial charge in [0.2, 0.25) is 0 Å².